The molecule has 0 atom stereocenters. The Bertz CT molecular complexity index is 794. The van der Waals surface area contributed by atoms with Crippen LogP contribution >= 0.6 is 11.6 Å². The molecule has 0 saturated heterocycles. The van der Waals surface area contributed by atoms with Gasteiger partial charge in [-0.1, -0.05) is 42.0 Å². The van der Waals surface area contributed by atoms with Crippen molar-refractivity contribution in [3.05, 3.63) is 70.9 Å². The monoisotopic (exact) mass is 294 g/mol. The maximum Gasteiger partial charge on any atom is 0.0772 e. The fourth-order valence-corrected chi connectivity index (χ4v) is 3.26. The van der Waals surface area contributed by atoms with Gasteiger partial charge in [0, 0.05) is 22.7 Å². The molecule has 2 aliphatic carbocycles. The predicted octanol–water partition coefficient (Wildman–Crippen LogP) is 4.66. The summed E-state index contributed by atoms with van der Waals surface area (Å²) in [7, 11) is 0. The number of fused-ring (bicyclic) bond motifs is 3. The van der Waals surface area contributed by atoms with Crippen molar-refractivity contribution in [1.82, 2.24) is 9.78 Å². The first-order chi connectivity index (χ1) is 10.3. The molecule has 104 valence electrons. The van der Waals surface area contributed by atoms with Crippen LogP contribution in [0.15, 0.2) is 54.8 Å². The lowest BCUT2D eigenvalue weighted by molar-refractivity contribution is 0.875. The third-order valence-electron chi connectivity index (χ3n) is 4.08. The SMILES string of the molecule is Clc1ccc2c(c1)CCc1cnn(C3=CC=CC=CC3)c1-2. The maximum atomic E-state index is 6.14. The molecule has 0 spiro atoms. The van der Waals surface area contributed by atoms with E-state index in [2.05, 4.69) is 52.3 Å². The highest BCUT2D eigenvalue weighted by molar-refractivity contribution is 6.30. The van der Waals surface area contributed by atoms with E-state index >= 15 is 0 Å². The van der Waals surface area contributed by atoms with Crippen molar-refractivity contribution in [2.45, 2.75) is 19.3 Å². The summed E-state index contributed by atoms with van der Waals surface area (Å²) in [6.07, 6.45) is 15.5. The van der Waals surface area contributed by atoms with Gasteiger partial charge in [0.1, 0.15) is 0 Å². The molecule has 0 unspecified atom stereocenters. The van der Waals surface area contributed by atoms with Crippen molar-refractivity contribution in [2.24, 2.45) is 0 Å². The van der Waals surface area contributed by atoms with Crippen LogP contribution < -0.4 is 0 Å². The second kappa shape index (κ2) is 5.05. The standard InChI is InChI=1S/C18H15ClN2/c19-15-9-10-17-13(11-15)7-8-14-12-20-21(18(14)17)16-5-3-1-2-4-6-16/h1-5,9-12H,6-8H2. The van der Waals surface area contributed by atoms with Crippen molar-refractivity contribution in [3.63, 3.8) is 0 Å². The molecule has 21 heavy (non-hydrogen) atoms. The van der Waals surface area contributed by atoms with Crippen LogP contribution in [0.3, 0.4) is 0 Å². The topological polar surface area (TPSA) is 17.8 Å². The van der Waals surface area contributed by atoms with E-state index in [0.717, 1.165) is 24.3 Å². The Morgan fingerprint density at radius 2 is 1.95 bits per heavy atom. The Labute approximate surface area is 129 Å². The molecule has 4 rings (SSSR count). The fourth-order valence-electron chi connectivity index (χ4n) is 3.06. The number of nitrogens with zero attached hydrogens (tertiary/aromatic N) is 2. The van der Waals surface area contributed by atoms with Crippen LogP contribution in [0.2, 0.25) is 5.02 Å². The minimum absolute atomic E-state index is 0.808. The fraction of sp³-hybridized carbons (Fsp3) is 0.167. The molecule has 2 nitrogen and oxygen atoms in total. The lowest BCUT2D eigenvalue weighted by Crippen LogP contribution is -2.08. The number of halogens is 1. The average molecular weight is 295 g/mol. The van der Waals surface area contributed by atoms with Crippen molar-refractivity contribution >= 4 is 17.3 Å². The zero-order valence-electron chi connectivity index (χ0n) is 11.6. The number of aryl methyl sites for hydroxylation is 2. The summed E-state index contributed by atoms with van der Waals surface area (Å²) in [5.41, 5.74) is 6.32. The summed E-state index contributed by atoms with van der Waals surface area (Å²) in [6.45, 7) is 0. The molecule has 1 aromatic carbocycles. The van der Waals surface area contributed by atoms with E-state index in [1.165, 1.54) is 28.1 Å². The van der Waals surface area contributed by atoms with Gasteiger partial charge in [0.25, 0.3) is 0 Å². The molecule has 0 radical (unpaired) electrons. The van der Waals surface area contributed by atoms with Crippen molar-refractivity contribution in [2.75, 3.05) is 0 Å². The van der Waals surface area contributed by atoms with Gasteiger partial charge in [-0.2, -0.15) is 5.10 Å². The zero-order valence-corrected chi connectivity index (χ0v) is 12.3. The van der Waals surface area contributed by atoms with Crippen molar-refractivity contribution in [3.8, 4) is 11.3 Å². The van der Waals surface area contributed by atoms with E-state index < -0.39 is 0 Å². The summed E-state index contributed by atoms with van der Waals surface area (Å²) in [5.74, 6) is 0. The third kappa shape index (κ3) is 2.16. The van der Waals surface area contributed by atoms with E-state index in [0.29, 0.717) is 0 Å². The molecule has 0 aliphatic heterocycles. The molecule has 2 aromatic rings. The van der Waals surface area contributed by atoms with Gasteiger partial charge < -0.3 is 0 Å². The summed E-state index contributed by atoms with van der Waals surface area (Å²) in [6, 6.07) is 6.17. The number of benzene rings is 1. The summed E-state index contributed by atoms with van der Waals surface area (Å²) < 4.78 is 2.08. The number of allylic oxidation sites excluding steroid dienone is 6. The van der Waals surface area contributed by atoms with Gasteiger partial charge in [0.15, 0.2) is 0 Å². The first kappa shape index (κ1) is 12.7. The highest BCUT2D eigenvalue weighted by Gasteiger charge is 2.22. The van der Waals surface area contributed by atoms with Gasteiger partial charge in [-0.25, -0.2) is 4.68 Å². The number of hydrogen-bond acceptors (Lipinski definition) is 1. The largest absolute Gasteiger partial charge is 0.237 e. The number of hydrogen-bond donors (Lipinski definition) is 0. The Balaban J connectivity index is 1.89. The van der Waals surface area contributed by atoms with E-state index in [4.69, 9.17) is 11.6 Å². The quantitative estimate of drug-likeness (QED) is 0.748. The molecule has 0 fully saturated rings. The smallest absolute Gasteiger partial charge is 0.0772 e. The number of rotatable bonds is 1. The van der Waals surface area contributed by atoms with Gasteiger partial charge in [0.2, 0.25) is 0 Å². The second-order valence-electron chi connectivity index (χ2n) is 5.41. The van der Waals surface area contributed by atoms with Gasteiger partial charge in [-0.15, -0.1) is 0 Å². The molecule has 0 bridgehead atoms. The molecular formula is C18H15ClN2. The summed E-state index contributed by atoms with van der Waals surface area (Å²) >= 11 is 6.14. The van der Waals surface area contributed by atoms with Crippen LogP contribution in [0, 0.1) is 0 Å². The van der Waals surface area contributed by atoms with Gasteiger partial charge >= 0.3 is 0 Å². The predicted molar refractivity (Wildman–Crippen MR) is 87.3 cm³/mol. The second-order valence-corrected chi connectivity index (χ2v) is 5.84. The Morgan fingerprint density at radius 3 is 2.90 bits per heavy atom. The highest BCUT2D eigenvalue weighted by atomic mass is 35.5. The molecule has 1 heterocycles. The first-order valence-corrected chi connectivity index (χ1v) is 7.59. The first-order valence-electron chi connectivity index (χ1n) is 7.21. The molecule has 0 amide bonds. The molecule has 2 aliphatic rings. The van der Waals surface area contributed by atoms with Crippen LogP contribution in [-0.2, 0) is 12.8 Å². The van der Waals surface area contributed by atoms with Gasteiger partial charge in [-0.3, -0.25) is 0 Å². The minimum atomic E-state index is 0.808. The molecule has 1 aromatic heterocycles. The van der Waals surface area contributed by atoms with Crippen LogP contribution in [0.5, 0.6) is 0 Å². The van der Waals surface area contributed by atoms with Crippen LogP contribution in [-0.4, -0.2) is 9.78 Å². The summed E-state index contributed by atoms with van der Waals surface area (Å²) in [4.78, 5) is 0. The van der Waals surface area contributed by atoms with E-state index in [1.807, 2.05) is 12.3 Å². The van der Waals surface area contributed by atoms with Crippen LogP contribution in [0.25, 0.3) is 17.0 Å². The lowest BCUT2D eigenvalue weighted by atomic mass is 9.90. The Kier molecular flexibility index (Phi) is 3.04. The molecule has 3 heteroatoms. The minimum Gasteiger partial charge on any atom is -0.237 e. The van der Waals surface area contributed by atoms with Gasteiger partial charge in [0.05, 0.1) is 11.9 Å². The number of aromatic nitrogens is 2. The molecular weight excluding hydrogens is 280 g/mol. The van der Waals surface area contributed by atoms with Crippen LogP contribution in [0.1, 0.15) is 17.5 Å². The zero-order chi connectivity index (χ0) is 14.2. The molecule has 0 N–H and O–H groups in total. The molecule has 0 saturated carbocycles. The van der Waals surface area contributed by atoms with E-state index in [9.17, 15) is 0 Å². The van der Waals surface area contributed by atoms with Gasteiger partial charge in [-0.05, 0) is 42.2 Å². The maximum absolute atomic E-state index is 6.14. The Morgan fingerprint density at radius 1 is 1.05 bits per heavy atom. The average Bonchev–Trinajstić information content (AvgIpc) is 2.74. The van der Waals surface area contributed by atoms with E-state index in [-0.39, 0.29) is 0 Å². The summed E-state index contributed by atoms with van der Waals surface area (Å²) in [5, 5.41) is 5.44. The lowest BCUT2D eigenvalue weighted by Gasteiger charge is -2.19. The van der Waals surface area contributed by atoms with Crippen molar-refractivity contribution in [1.29, 1.82) is 0 Å². The van der Waals surface area contributed by atoms with Crippen molar-refractivity contribution < 1.29 is 0 Å². The highest BCUT2D eigenvalue weighted by Crippen LogP contribution is 2.36. The van der Waals surface area contributed by atoms with E-state index in [1.54, 1.807) is 0 Å². The van der Waals surface area contributed by atoms with Crippen LogP contribution in [0.4, 0.5) is 0 Å². The Hall–Kier alpha value is -2.06. The normalized spacial score (nSPS) is 16.1. The third-order valence-corrected chi connectivity index (χ3v) is 4.31.